The zero-order valence-electron chi connectivity index (χ0n) is 12.5. The van der Waals surface area contributed by atoms with Crippen LogP contribution in [0.4, 0.5) is 0 Å². The number of hydrogen-bond acceptors (Lipinski definition) is 5. The third-order valence-corrected chi connectivity index (χ3v) is 4.38. The van der Waals surface area contributed by atoms with Crippen LogP contribution in [0, 0.1) is 11.3 Å². The van der Waals surface area contributed by atoms with E-state index in [4.69, 9.17) is 12.6 Å². The van der Waals surface area contributed by atoms with E-state index in [1.807, 2.05) is 47.3 Å². The summed E-state index contributed by atoms with van der Waals surface area (Å²) < 4.78 is 1.90. The molecular formula is C17H16N4OS. The molecule has 0 aromatic carbocycles. The minimum atomic E-state index is -1.29. The van der Waals surface area contributed by atoms with Crippen molar-refractivity contribution in [2.24, 2.45) is 0 Å². The molecule has 2 aromatic heterocycles. The number of pyridine rings is 2. The number of allylic oxidation sites excluding steroid dienone is 1. The maximum absolute atomic E-state index is 10.9. The molecule has 0 spiro atoms. The van der Waals surface area contributed by atoms with E-state index in [9.17, 15) is 10.4 Å². The molecule has 2 aromatic rings. The number of rotatable bonds is 2. The monoisotopic (exact) mass is 324 g/mol. The first-order valence-electron chi connectivity index (χ1n) is 7.22. The van der Waals surface area contributed by atoms with E-state index in [0.717, 1.165) is 5.56 Å². The lowest BCUT2D eigenvalue weighted by atomic mass is 9.78. The number of aromatic nitrogens is 2. The van der Waals surface area contributed by atoms with Gasteiger partial charge >= 0.3 is 0 Å². The Balaban J connectivity index is 2.23. The average molecular weight is 324 g/mol. The molecule has 3 rings (SSSR count). The first-order chi connectivity index (χ1) is 11.0. The van der Waals surface area contributed by atoms with Gasteiger partial charge in [0.15, 0.2) is 18.1 Å². The zero-order chi connectivity index (χ0) is 16.4. The maximum atomic E-state index is 10.9. The predicted molar refractivity (Wildman–Crippen MR) is 86.4 cm³/mol. The summed E-state index contributed by atoms with van der Waals surface area (Å²) in [5, 5.41) is 23.7. The molecule has 0 amide bonds. The van der Waals surface area contributed by atoms with Gasteiger partial charge in [-0.3, -0.25) is 4.98 Å². The predicted octanol–water partition coefficient (Wildman–Crippen LogP) is 1.29. The number of hydrogen-bond donors (Lipinski definition) is 2. The Bertz CT molecular complexity index is 768. The fraction of sp³-hybridized carbons (Fsp3) is 0.235. The summed E-state index contributed by atoms with van der Waals surface area (Å²) in [6.45, 7) is 1.67. The van der Waals surface area contributed by atoms with E-state index in [1.54, 1.807) is 19.3 Å². The lowest BCUT2D eigenvalue weighted by molar-refractivity contribution is -0.741. The third-order valence-electron chi connectivity index (χ3n) is 4.06. The summed E-state index contributed by atoms with van der Waals surface area (Å²) >= 11 is 5.30. The number of aliphatic hydroxyl groups is 1. The highest BCUT2D eigenvalue weighted by atomic mass is 32.1. The van der Waals surface area contributed by atoms with Crippen LogP contribution in [-0.2, 0) is 12.6 Å². The molecule has 0 radical (unpaired) electrons. The quantitative estimate of drug-likeness (QED) is 0.643. The van der Waals surface area contributed by atoms with Crippen LogP contribution in [0.25, 0.3) is 0 Å². The topological polar surface area (TPSA) is 72.8 Å². The summed E-state index contributed by atoms with van der Waals surface area (Å²) in [7, 11) is 0. The van der Waals surface area contributed by atoms with Crippen LogP contribution >= 0.6 is 0 Å². The van der Waals surface area contributed by atoms with Gasteiger partial charge in [-0.25, -0.2) is 0 Å². The number of nitriles is 1. The first-order valence-corrected chi connectivity index (χ1v) is 7.63. The van der Waals surface area contributed by atoms with Gasteiger partial charge in [0.2, 0.25) is 6.04 Å². The van der Waals surface area contributed by atoms with Gasteiger partial charge in [-0.05, 0) is 24.6 Å². The molecule has 1 aliphatic rings. The Kier molecular flexibility index (Phi) is 3.99. The van der Waals surface area contributed by atoms with Crippen molar-refractivity contribution in [3.8, 4) is 6.07 Å². The lowest BCUT2D eigenvalue weighted by Crippen LogP contribution is -2.63. The largest absolute Gasteiger partial charge is 0.762 e. The van der Waals surface area contributed by atoms with Crippen molar-refractivity contribution in [1.29, 1.82) is 5.26 Å². The van der Waals surface area contributed by atoms with Gasteiger partial charge in [-0.15, -0.1) is 0 Å². The standard InChI is InChI=1S/C17H16N4OS/c1-17(22)15(21-9-3-2-4-10-21)14(12-5-7-19-8-6-12)13(11-18)16(23)20-17/h2-10,14-15,20,22H,1H3. The molecule has 116 valence electrons. The molecule has 0 aliphatic carbocycles. The Morgan fingerprint density at radius 2 is 1.96 bits per heavy atom. The summed E-state index contributed by atoms with van der Waals surface area (Å²) in [4.78, 5) is 4.03. The molecule has 2 N–H and O–H groups in total. The van der Waals surface area contributed by atoms with Crippen LogP contribution in [-0.4, -0.2) is 15.8 Å². The molecule has 6 heteroatoms. The molecule has 3 atom stereocenters. The number of nitrogens with zero attached hydrogens (tertiary/aromatic N) is 3. The Morgan fingerprint density at radius 1 is 1.30 bits per heavy atom. The third kappa shape index (κ3) is 2.77. The van der Waals surface area contributed by atoms with E-state index in [1.165, 1.54) is 0 Å². The fourth-order valence-corrected chi connectivity index (χ4v) is 3.47. The Hall–Kier alpha value is -2.49. The first kappa shape index (κ1) is 15.4. The second-order valence-electron chi connectivity index (χ2n) is 5.65. The SMILES string of the molecule is CC1(O)NC([S-])=C(C#N)C(c2ccncc2)C1[n+]1ccccc1. The van der Waals surface area contributed by atoms with Crippen LogP contribution in [0.2, 0.25) is 0 Å². The van der Waals surface area contributed by atoms with Crippen molar-refractivity contribution in [2.45, 2.75) is 24.6 Å². The highest BCUT2D eigenvalue weighted by Gasteiger charge is 2.50. The minimum absolute atomic E-state index is 0.284. The van der Waals surface area contributed by atoms with Crippen LogP contribution in [0.5, 0.6) is 0 Å². The molecule has 1 aliphatic heterocycles. The Labute approximate surface area is 140 Å². The molecule has 5 nitrogen and oxygen atoms in total. The number of nitrogens with one attached hydrogen (secondary N) is 1. The lowest BCUT2D eigenvalue weighted by Gasteiger charge is -2.43. The zero-order valence-corrected chi connectivity index (χ0v) is 13.4. The second kappa shape index (κ2) is 5.95. The van der Waals surface area contributed by atoms with Crippen molar-refractivity contribution >= 4 is 12.6 Å². The van der Waals surface area contributed by atoms with E-state index in [0.29, 0.717) is 5.57 Å². The van der Waals surface area contributed by atoms with Crippen LogP contribution in [0.1, 0.15) is 24.4 Å². The highest BCUT2D eigenvalue weighted by molar-refractivity contribution is 7.63. The van der Waals surface area contributed by atoms with Gasteiger partial charge in [0.1, 0.15) is 0 Å². The van der Waals surface area contributed by atoms with Crippen LogP contribution in [0.3, 0.4) is 0 Å². The van der Waals surface area contributed by atoms with E-state index >= 15 is 0 Å². The van der Waals surface area contributed by atoms with E-state index in [-0.39, 0.29) is 10.9 Å². The van der Waals surface area contributed by atoms with Gasteiger partial charge in [0.05, 0.1) is 12.0 Å². The second-order valence-corrected chi connectivity index (χ2v) is 6.06. The normalized spacial score (nSPS) is 27.2. The van der Waals surface area contributed by atoms with Crippen molar-refractivity contribution < 1.29 is 9.67 Å². The van der Waals surface area contributed by atoms with E-state index in [2.05, 4.69) is 16.4 Å². The van der Waals surface area contributed by atoms with Crippen molar-refractivity contribution in [3.63, 3.8) is 0 Å². The van der Waals surface area contributed by atoms with Gasteiger partial charge in [0.25, 0.3) is 0 Å². The van der Waals surface area contributed by atoms with E-state index < -0.39 is 11.8 Å². The molecule has 3 unspecified atom stereocenters. The maximum Gasteiger partial charge on any atom is 0.216 e. The molecule has 0 fully saturated rings. The summed E-state index contributed by atoms with van der Waals surface area (Å²) in [5.41, 5.74) is 0.0401. The van der Waals surface area contributed by atoms with Crippen molar-refractivity contribution in [2.75, 3.05) is 0 Å². The fourth-order valence-electron chi connectivity index (χ4n) is 3.09. The van der Waals surface area contributed by atoms with Crippen molar-refractivity contribution in [1.82, 2.24) is 10.3 Å². The molecule has 3 heterocycles. The summed E-state index contributed by atoms with van der Waals surface area (Å²) in [6.07, 6.45) is 7.10. The molecule has 0 saturated carbocycles. The summed E-state index contributed by atoms with van der Waals surface area (Å²) in [5.74, 6) is -0.362. The minimum Gasteiger partial charge on any atom is -0.762 e. The van der Waals surface area contributed by atoms with Crippen LogP contribution < -0.4 is 9.88 Å². The molecular weight excluding hydrogens is 308 g/mol. The Morgan fingerprint density at radius 3 is 2.57 bits per heavy atom. The molecule has 0 saturated heterocycles. The smallest absolute Gasteiger partial charge is 0.216 e. The van der Waals surface area contributed by atoms with Crippen molar-refractivity contribution in [3.05, 3.63) is 71.3 Å². The summed E-state index contributed by atoms with van der Waals surface area (Å²) in [6, 6.07) is 11.2. The van der Waals surface area contributed by atoms with Crippen LogP contribution in [0.15, 0.2) is 65.7 Å². The average Bonchev–Trinajstić information content (AvgIpc) is 2.55. The van der Waals surface area contributed by atoms with Gasteiger partial charge in [-0.1, -0.05) is 11.1 Å². The highest BCUT2D eigenvalue weighted by Crippen LogP contribution is 2.41. The molecule has 23 heavy (non-hydrogen) atoms. The van der Waals surface area contributed by atoms with Gasteiger partial charge in [0, 0.05) is 30.1 Å². The van der Waals surface area contributed by atoms with Gasteiger partial charge in [-0.2, -0.15) is 9.83 Å². The molecule has 0 bridgehead atoms. The van der Waals surface area contributed by atoms with Gasteiger partial charge < -0.3 is 23.1 Å².